The van der Waals surface area contributed by atoms with Crippen LogP contribution in [0.4, 0.5) is 0 Å². The number of carbonyl (C=O) groups is 1. The van der Waals surface area contributed by atoms with Crippen LogP contribution in [0.3, 0.4) is 0 Å². The zero-order valence-electron chi connectivity index (χ0n) is 12.2. The number of esters is 1. The molecule has 0 aliphatic heterocycles. The molecule has 0 radical (unpaired) electrons. The van der Waals surface area contributed by atoms with E-state index in [1.54, 1.807) is 0 Å². The summed E-state index contributed by atoms with van der Waals surface area (Å²) in [6.45, 7) is 6.09. The van der Waals surface area contributed by atoms with Gasteiger partial charge in [0, 0.05) is 0 Å². The molecule has 1 aromatic carbocycles. The molecule has 0 spiro atoms. The van der Waals surface area contributed by atoms with Crippen molar-refractivity contribution in [2.24, 2.45) is 5.92 Å². The molecule has 0 aromatic heterocycles. The Hall–Kier alpha value is -1.31. The predicted molar refractivity (Wildman–Crippen MR) is 77.2 cm³/mol. The van der Waals surface area contributed by atoms with Gasteiger partial charge in [0.05, 0.1) is 5.56 Å². The fourth-order valence-electron chi connectivity index (χ4n) is 2.95. The van der Waals surface area contributed by atoms with Crippen molar-refractivity contribution in [3.8, 4) is 0 Å². The van der Waals surface area contributed by atoms with Crippen molar-refractivity contribution in [3.63, 3.8) is 0 Å². The van der Waals surface area contributed by atoms with E-state index in [0.717, 1.165) is 5.56 Å². The van der Waals surface area contributed by atoms with Crippen LogP contribution in [-0.2, 0) is 4.74 Å². The van der Waals surface area contributed by atoms with E-state index in [9.17, 15) is 4.79 Å². The molecule has 2 heteroatoms. The molecule has 1 aliphatic carbocycles. The highest BCUT2D eigenvalue weighted by atomic mass is 16.6. The van der Waals surface area contributed by atoms with E-state index < -0.39 is 0 Å². The van der Waals surface area contributed by atoms with Crippen LogP contribution in [0, 0.1) is 12.8 Å². The van der Waals surface area contributed by atoms with Crippen molar-refractivity contribution >= 4 is 5.97 Å². The normalized spacial score (nSPS) is 17.2. The summed E-state index contributed by atoms with van der Waals surface area (Å²) >= 11 is 0. The molecule has 1 fully saturated rings. The zero-order chi connectivity index (χ0) is 13.9. The van der Waals surface area contributed by atoms with E-state index in [1.165, 1.54) is 32.1 Å². The summed E-state index contributed by atoms with van der Waals surface area (Å²) in [7, 11) is 0. The first-order chi connectivity index (χ1) is 8.99. The van der Waals surface area contributed by atoms with E-state index in [2.05, 4.69) is 13.8 Å². The Morgan fingerprint density at radius 2 is 1.89 bits per heavy atom. The van der Waals surface area contributed by atoms with Crippen molar-refractivity contribution in [3.05, 3.63) is 35.4 Å². The molecule has 0 heterocycles. The number of hydrogen-bond donors (Lipinski definition) is 0. The van der Waals surface area contributed by atoms with Crippen molar-refractivity contribution in [1.82, 2.24) is 0 Å². The van der Waals surface area contributed by atoms with Gasteiger partial charge < -0.3 is 4.74 Å². The highest BCUT2D eigenvalue weighted by Gasteiger charge is 2.34. The molecule has 0 saturated heterocycles. The number of benzene rings is 1. The van der Waals surface area contributed by atoms with Crippen LogP contribution in [0.2, 0.25) is 0 Å². The van der Waals surface area contributed by atoms with Crippen molar-refractivity contribution in [2.75, 3.05) is 0 Å². The number of ether oxygens (including phenoxy) is 1. The van der Waals surface area contributed by atoms with Gasteiger partial charge in [0.2, 0.25) is 0 Å². The summed E-state index contributed by atoms with van der Waals surface area (Å²) in [5.41, 5.74) is 1.38. The first-order valence-corrected chi connectivity index (χ1v) is 7.29. The van der Waals surface area contributed by atoms with Crippen LogP contribution >= 0.6 is 0 Å². The molecule has 1 saturated carbocycles. The quantitative estimate of drug-likeness (QED) is 0.747. The number of hydrogen-bond acceptors (Lipinski definition) is 2. The van der Waals surface area contributed by atoms with Gasteiger partial charge in [-0.3, -0.25) is 0 Å². The van der Waals surface area contributed by atoms with Crippen LogP contribution in [0.1, 0.15) is 61.9 Å². The van der Waals surface area contributed by atoms with E-state index in [4.69, 9.17) is 4.74 Å². The second kappa shape index (κ2) is 5.77. The Labute approximate surface area is 116 Å². The molecule has 19 heavy (non-hydrogen) atoms. The average molecular weight is 260 g/mol. The maximum absolute atomic E-state index is 12.2. The van der Waals surface area contributed by atoms with Gasteiger partial charge in [0.1, 0.15) is 5.60 Å². The van der Waals surface area contributed by atoms with Crippen LogP contribution in [0.15, 0.2) is 24.3 Å². The van der Waals surface area contributed by atoms with Gasteiger partial charge in [-0.15, -0.1) is 0 Å². The van der Waals surface area contributed by atoms with Crippen LogP contribution in [-0.4, -0.2) is 11.6 Å². The van der Waals surface area contributed by atoms with Gasteiger partial charge in [-0.05, 0) is 51.7 Å². The highest BCUT2D eigenvalue weighted by Crippen LogP contribution is 2.35. The standard InChI is InChI=1S/C17H24O2/c1-13-8-7-9-14(12-13)16(18)19-17(2,3)15-10-5-4-6-11-15/h7-9,12,15H,4-6,10-11H2,1-3H3. The smallest absolute Gasteiger partial charge is 0.338 e. The lowest BCUT2D eigenvalue weighted by Crippen LogP contribution is -2.37. The third kappa shape index (κ3) is 3.59. The maximum Gasteiger partial charge on any atom is 0.338 e. The largest absolute Gasteiger partial charge is 0.456 e. The third-order valence-electron chi connectivity index (χ3n) is 4.20. The average Bonchev–Trinajstić information content (AvgIpc) is 2.39. The molecular weight excluding hydrogens is 236 g/mol. The Kier molecular flexibility index (Phi) is 4.28. The number of carbonyl (C=O) groups excluding carboxylic acids is 1. The summed E-state index contributed by atoms with van der Waals surface area (Å²) in [5.74, 6) is 0.300. The molecule has 104 valence electrons. The minimum atomic E-state index is -0.360. The van der Waals surface area contributed by atoms with Crippen molar-refractivity contribution in [2.45, 2.75) is 58.5 Å². The van der Waals surface area contributed by atoms with Gasteiger partial charge in [0.25, 0.3) is 0 Å². The Bertz CT molecular complexity index is 442. The number of rotatable bonds is 3. The molecule has 0 unspecified atom stereocenters. The van der Waals surface area contributed by atoms with Gasteiger partial charge in [-0.25, -0.2) is 4.79 Å². The summed E-state index contributed by atoms with van der Waals surface area (Å²) in [6.07, 6.45) is 6.19. The summed E-state index contributed by atoms with van der Waals surface area (Å²) in [4.78, 5) is 12.2. The first kappa shape index (κ1) is 14.1. The molecule has 2 rings (SSSR count). The zero-order valence-corrected chi connectivity index (χ0v) is 12.2. The molecule has 0 N–H and O–H groups in total. The second-order valence-electron chi connectivity index (χ2n) is 6.20. The molecule has 2 nitrogen and oxygen atoms in total. The first-order valence-electron chi connectivity index (χ1n) is 7.29. The lowest BCUT2D eigenvalue weighted by molar-refractivity contribution is -0.0384. The topological polar surface area (TPSA) is 26.3 Å². The maximum atomic E-state index is 12.2. The SMILES string of the molecule is Cc1cccc(C(=O)OC(C)(C)C2CCCCC2)c1. The van der Waals surface area contributed by atoms with Crippen LogP contribution < -0.4 is 0 Å². The summed E-state index contributed by atoms with van der Waals surface area (Å²) in [5, 5.41) is 0. The van der Waals surface area contributed by atoms with Gasteiger partial charge in [-0.2, -0.15) is 0 Å². The molecule has 1 aromatic rings. The van der Waals surface area contributed by atoms with Crippen LogP contribution in [0.25, 0.3) is 0 Å². The van der Waals surface area contributed by atoms with Gasteiger partial charge >= 0.3 is 5.97 Å². The molecule has 1 aliphatic rings. The lowest BCUT2D eigenvalue weighted by Gasteiger charge is -2.36. The van der Waals surface area contributed by atoms with Crippen molar-refractivity contribution in [1.29, 1.82) is 0 Å². The highest BCUT2D eigenvalue weighted by molar-refractivity contribution is 5.89. The van der Waals surface area contributed by atoms with Gasteiger partial charge in [0.15, 0.2) is 0 Å². The van der Waals surface area contributed by atoms with Gasteiger partial charge in [-0.1, -0.05) is 37.0 Å². The number of aryl methyl sites for hydroxylation is 1. The minimum Gasteiger partial charge on any atom is -0.456 e. The third-order valence-corrected chi connectivity index (χ3v) is 4.20. The summed E-state index contributed by atoms with van der Waals surface area (Å²) < 4.78 is 5.78. The van der Waals surface area contributed by atoms with E-state index in [1.807, 2.05) is 31.2 Å². The fraction of sp³-hybridized carbons (Fsp3) is 0.588. The Morgan fingerprint density at radius 3 is 2.53 bits per heavy atom. The fourth-order valence-corrected chi connectivity index (χ4v) is 2.95. The molecule has 0 amide bonds. The van der Waals surface area contributed by atoms with Crippen LogP contribution in [0.5, 0.6) is 0 Å². The van der Waals surface area contributed by atoms with E-state index >= 15 is 0 Å². The second-order valence-corrected chi connectivity index (χ2v) is 6.20. The Morgan fingerprint density at radius 1 is 1.21 bits per heavy atom. The molecule has 0 atom stereocenters. The lowest BCUT2D eigenvalue weighted by atomic mass is 9.79. The van der Waals surface area contributed by atoms with Crippen molar-refractivity contribution < 1.29 is 9.53 Å². The molecule has 0 bridgehead atoms. The van der Waals surface area contributed by atoms with E-state index in [-0.39, 0.29) is 11.6 Å². The minimum absolute atomic E-state index is 0.195. The summed E-state index contributed by atoms with van der Waals surface area (Å²) in [6, 6.07) is 7.61. The predicted octanol–water partition coefficient (Wildman–Crippen LogP) is 4.51. The monoisotopic (exact) mass is 260 g/mol. The molecular formula is C17H24O2. The Balaban J connectivity index is 2.04. The van der Waals surface area contributed by atoms with E-state index in [0.29, 0.717) is 11.5 Å².